The van der Waals surface area contributed by atoms with Crippen LogP contribution in [0.2, 0.25) is 0 Å². The number of rotatable bonds is 8. The van der Waals surface area contributed by atoms with E-state index in [4.69, 9.17) is 4.74 Å². The number of aromatic amines is 1. The molecule has 39 heavy (non-hydrogen) atoms. The number of imidazole rings is 1. The van der Waals surface area contributed by atoms with Crippen LogP contribution in [0.25, 0.3) is 11.0 Å². The number of nitrogens with one attached hydrogen (secondary N) is 2. The molecule has 11 nitrogen and oxygen atoms in total. The minimum atomic E-state index is -0.402. The minimum absolute atomic E-state index is 0.00489. The van der Waals surface area contributed by atoms with Gasteiger partial charge in [0.25, 0.3) is 5.91 Å². The number of likely N-dealkylation sites (tertiary alicyclic amines) is 1. The quantitative estimate of drug-likeness (QED) is 0.454. The summed E-state index contributed by atoms with van der Waals surface area (Å²) in [4.78, 5) is 40.2. The first-order valence-electron chi connectivity index (χ1n) is 14.1. The predicted octanol–water partition coefficient (Wildman–Crippen LogP) is 3.02. The van der Waals surface area contributed by atoms with Crippen LogP contribution in [0.3, 0.4) is 0 Å². The number of pyridine rings is 1. The molecule has 2 N–H and O–H groups in total. The fourth-order valence-corrected chi connectivity index (χ4v) is 5.59. The smallest absolute Gasteiger partial charge is 0.281 e. The molecule has 208 valence electrons. The number of aromatic nitrogens is 5. The third kappa shape index (κ3) is 6.70. The maximum Gasteiger partial charge on any atom is 0.281 e. The molecule has 2 aliphatic rings. The molecule has 1 aliphatic carbocycles. The maximum absolute atomic E-state index is 13.0. The van der Waals surface area contributed by atoms with Gasteiger partial charge >= 0.3 is 0 Å². The Bertz CT molecular complexity index is 1340. The van der Waals surface area contributed by atoms with Crippen LogP contribution < -0.4 is 15.7 Å². The monoisotopic (exact) mass is 534 g/mol. The van der Waals surface area contributed by atoms with Crippen LogP contribution in [-0.4, -0.2) is 73.7 Å². The fraction of sp³-hybridized carbons (Fsp3) is 0.571. The Kier molecular flexibility index (Phi) is 8.65. The highest BCUT2D eigenvalue weighted by Crippen LogP contribution is 2.33. The van der Waals surface area contributed by atoms with Gasteiger partial charge < -0.3 is 19.6 Å². The van der Waals surface area contributed by atoms with Gasteiger partial charge in [0, 0.05) is 30.6 Å². The van der Waals surface area contributed by atoms with Crippen molar-refractivity contribution < 1.29 is 14.3 Å². The van der Waals surface area contributed by atoms with E-state index in [0.717, 1.165) is 56.4 Å². The topological polar surface area (TPSA) is 130 Å². The standard InChI is InChI=1S/C28H38N8O3/c1-19(2)32-26(37)20-6-8-22(9-7-20)36-24-16-25(39-15-14-35-12-4-3-5-13-35)29-18-23(24)33-28(36)34-27(38)21-10-11-30-31-17-21/h10-11,16-20,22H,3-9,12-15H2,1-2H3,(H,32,37)(H,33,34,38). The van der Waals surface area contributed by atoms with Crippen molar-refractivity contribution in [2.45, 2.75) is 70.9 Å². The third-order valence-corrected chi connectivity index (χ3v) is 7.60. The van der Waals surface area contributed by atoms with E-state index in [-0.39, 0.29) is 23.9 Å². The summed E-state index contributed by atoms with van der Waals surface area (Å²) in [6, 6.07) is 3.72. The fourth-order valence-electron chi connectivity index (χ4n) is 5.59. The summed E-state index contributed by atoms with van der Waals surface area (Å²) in [7, 11) is 0. The van der Waals surface area contributed by atoms with Crippen molar-refractivity contribution in [3.8, 4) is 5.88 Å². The lowest BCUT2D eigenvalue weighted by molar-refractivity contribution is -0.126. The highest BCUT2D eigenvalue weighted by molar-refractivity contribution is 5.94. The molecular weight excluding hydrogens is 496 g/mol. The Morgan fingerprint density at radius 3 is 2.64 bits per heavy atom. The maximum atomic E-state index is 13.0. The van der Waals surface area contributed by atoms with Crippen LogP contribution >= 0.6 is 0 Å². The molecule has 0 spiro atoms. The number of fused-ring (bicyclic) bond motifs is 1. The molecule has 0 atom stereocenters. The summed E-state index contributed by atoms with van der Waals surface area (Å²) in [5, 5.41) is 10.6. The lowest BCUT2D eigenvalue weighted by Gasteiger charge is -2.29. The Morgan fingerprint density at radius 2 is 1.92 bits per heavy atom. The first-order valence-corrected chi connectivity index (χ1v) is 14.1. The number of nitrogens with zero attached hydrogens (tertiary/aromatic N) is 6. The van der Waals surface area contributed by atoms with Gasteiger partial charge in [-0.15, -0.1) is 0 Å². The van der Waals surface area contributed by atoms with Crippen molar-refractivity contribution in [2.24, 2.45) is 10.9 Å². The zero-order chi connectivity index (χ0) is 27.2. The lowest BCUT2D eigenvalue weighted by Crippen LogP contribution is -2.38. The van der Waals surface area contributed by atoms with Crippen molar-refractivity contribution in [3.05, 3.63) is 41.9 Å². The second-order valence-electron chi connectivity index (χ2n) is 10.8. The number of H-pyrrole nitrogens is 1. The minimum Gasteiger partial charge on any atom is -0.476 e. The number of amides is 2. The summed E-state index contributed by atoms with van der Waals surface area (Å²) in [6.07, 6.45) is 11.6. The van der Waals surface area contributed by atoms with E-state index in [1.54, 1.807) is 12.3 Å². The van der Waals surface area contributed by atoms with E-state index >= 15 is 0 Å². The van der Waals surface area contributed by atoms with E-state index in [0.29, 0.717) is 23.7 Å². The lowest BCUT2D eigenvalue weighted by atomic mass is 9.85. The van der Waals surface area contributed by atoms with E-state index in [9.17, 15) is 9.59 Å². The van der Waals surface area contributed by atoms with Crippen molar-refractivity contribution in [1.82, 2.24) is 34.9 Å². The van der Waals surface area contributed by atoms with Crippen LogP contribution in [0.1, 0.15) is 75.2 Å². The van der Waals surface area contributed by atoms with Gasteiger partial charge in [-0.05, 0) is 71.5 Å². The summed E-state index contributed by atoms with van der Waals surface area (Å²) >= 11 is 0. The van der Waals surface area contributed by atoms with Gasteiger partial charge in [-0.2, -0.15) is 15.2 Å². The van der Waals surface area contributed by atoms with Crippen LogP contribution in [0.15, 0.2) is 35.7 Å². The zero-order valence-corrected chi connectivity index (χ0v) is 22.8. The van der Waals surface area contributed by atoms with Gasteiger partial charge in [0.2, 0.25) is 17.4 Å². The number of piperidine rings is 1. The molecule has 11 heteroatoms. The molecular formula is C28H38N8O3. The molecule has 2 amide bonds. The molecule has 0 aromatic carbocycles. The first-order chi connectivity index (χ1) is 19.0. The van der Waals surface area contributed by atoms with E-state index in [1.807, 2.05) is 19.9 Å². The van der Waals surface area contributed by atoms with Gasteiger partial charge in [-0.1, -0.05) is 6.42 Å². The molecule has 2 fully saturated rings. The molecule has 0 bridgehead atoms. The highest BCUT2D eigenvalue weighted by Gasteiger charge is 2.29. The zero-order valence-electron chi connectivity index (χ0n) is 22.8. The van der Waals surface area contributed by atoms with Crippen molar-refractivity contribution in [2.75, 3.05) is 26.2 Å². The number of carbonyl (C=O) groups excluding carboxylic acids is 2. The third-order valence-electron chi connectivity index (χ3n) is 7.60. The predicted molar refractivity (Wildman–Crippen MR) is 146 cm³/mol. The largest absolute Gasteiger partial charge is 0.476 e. The van der Waals surface area contributed by atoms with Crippen LogP contribution in [0, 0.1) is 5.92 Å². The van der Waals surface area contributed by atoms with Gasteiger partial charge in [-0.3, -0.25) is 14.5 Å². The van der Waals surface area contributed by atoms with Gasteiger partial charge in [0.05, 0.1) is 35.2 Å². The summed E-state index contributed by atoms with van der Waals surface area (Å²) in [6.45, 7) is 7.66. The number of hydrogen-bond acceptors (Lipinski definition) is 7. The number of ether oxygens (including phenoxy) is 1. The summed E-state index contributed by atoms with van der Waals surface area (Å²) in [5.41, 5.74) is 2.48. The molecule has 4 heterocycles. The second-order valence-corrected chi connectivity index (χ2v) is 10.8. The molecule has 1 aliphatic heterocycles. The Balaban J connectivity index is 1.41. The van der Waals surface area contributed by atoms with Crippen molar-refractivity contribution in [3.63, 3.8) is 0 Å². The summed E-state index contributed by atoms with van der Waals surface area (Å²) in [5.74, 6) is 0.260. The van der Waals surface area contributed by atoms with Gasteiger partial charge in [0.1, 0.15) is 6.61 Å². The normalized spacial score (nSPS) is 20.8. The highest BCUT2D eigenvalue weighted by atomic mass is 16.5. The first kappa shape index (κ1) is 27.0. The van der Waals surface area contributed by atoms with Crippen LogP contribution in [-0.2, 0) is 4.79 Å². The van der Waals surface area contributed by atoms with Gasteiger partial charge in [0.15, 0.2) is 0 Å². The number of carbonyl (C=O) groups is 2. The molecule has 1 saturated heterocycles. The van der Waals surface area contributed by atoms with Crippen LogP contribution in [0.4, 0.5) is 0 Å². The average Bonchev–Trinajstić information content (AvgIpc) is 3.30. The Hall–Kier alpha value is -3.60. The average molecular weight is 535 g/mol. The van der Waals surface area contributed by atoms with Crippen molar-refractivity contribution >= 4 is 22.8 Å². The number of hydrogen-bond donors (Lipinski definition) is 2. The van der Waals surface area contributed by atoms with Crippen LogP contribution in [0.5, 0.6) is 5.88 Å². The van der Waals surface area contributed by atoms with E-state index < -0.39 is 5.91 Å². The molecule has 0 radical (unpaired) electrons. The molecule has 0 unspecified atom stereocenters. The Morgan fingerprint density at radius 1 is 1.13 bits per heavy atom. The second kappa shape index (κ2) is 12.5. The molecule has 5 rings (SSSR count). The summed E-state index contributed by atoms with van der Waals surface area (Å²) < 4.78 is 8.14. The Labute approximate surface area is 228 Å². The van der Waals surface area contributed by atoms with Crippen molar-refractivity contribution in [1.29, 1.82) is 0 Å². The molecule has 3 aromatic heterocycles. The van der Waals surface area contributed by atoms with Gasteiger partial charge in [-0.25, -0.2) is 4.98 Å². The SMILES string of the molecule is CC(C)NC(=O)C1CCC(n2/c(=N/C(=O)c3ccnnc3)[nH]c3cnc(OCCN4CCCCC4)cc32)CC1. The van der Waals surface area contributed by atoms with E-state index in [2.05, 4.69) is 39.9 Å². The molecule has 3 aromatic rings. The van der Waals surface area contributed by atoms with E-state index in [1.165, 1.54) is 31.7 Å². The molecule has 1 saturated carbocycles.